The zero-order valence-corrected chi connectivity index (χ0v) is 12.8. The van der Waals surface area contributed by atoms with Crippen LogP contribution in [0.3, 0.4) is 0 Å². The van der Waals surface area contributed by atoms with Gasteiger partial charge in [0.05, 0.1) is 0 Å². The van der Waals surface area contributed by atoms with Gasteiger partial charge >= 0.3 is 0 Å². The zero-order chi connectivity index (χ0) is 12.8. The first kappa shape index (κ1) is 16.0. The Morgan fingerprint density at radius 2 is 1.50 bits per heavy atom. The average Bonchev–Trinajstić information content (AvgIpc) is 2.17. The Bertz CT molecular complexity index is 180. The molecule has 16 heavy (non-hydrogen) atoms. The third-order valence-electron chi connectivity index (χ3n) is 4.53. The minimum Gasteiger partial charge on any atom is -0.0654 e. The molecule has 0 radical (unpaired) electrons. The Labute approximate surface area is 104 Å². The largest absolute Gasteiger partial charge is 0.0654 e. The van der Waals surface area contributed by atoms with Crippen molar-refractivity contribution >= 4 is 0 Å². The second-order valence-electron chi connectivity index (χ2n) is 6.79. The van der Waals surface area contributed by atoms with Gasteiger partial charge in [0.1, 0.15) is 0 Å². The van der Waals surface area contributed by atoms with E-state index < -0.39 is 0 Å². The maximum atomic E-state index is 2.50. The second kappa shape index (κ2) is 6.67. The van der Waals surface area contributed by atoms with E-state index in [4.69, 9.17) is 0 Å². The topological polar surface area (TPSA) is 0 Å². The standard InChI is InChI=1S/C16H34/c1-8-11-14(4)16(7,10-3)13-15(5,6)12-9-2/h14H,8-13H2,1-7H3. The first-order valence-electron chi connectivity index (χ1n) is 7.31. The molecule has 0 aliphatic rings. The summed E-state index contributed by atoms with van der Waals surface area (Å²) in [6.07, 6.45) is 8.08. The van der Waals surface area contributed by atoms with Gasteiger partial charge in [0, 0.05) is 0 Å². The van der Waals surface area contributed by atoms with Gasteiger partial charge in [-0.15, -0.1) is 0 Å². The minimum absolute atomic E-state index is 0.515. The lowest BCUT2D eigenvalue weighted by Crippen LogP contribution is -2.31. The Balaban J connectivity index is 4.57. The smallest absolute Gasteiger partial charge is 0.0298 e. The van der Waals surface area contributed by atoms with Crippen molar-refractivity contribution in [2.75, 3.05) is 0 Å². The van der Waals surface area contributed by atoms with Crippen LogP contribution in [0.1, 0.15) is 87.0 Å². The fraction of sp³-hybridized carbons (Fsp3) is 1.00. The van der Waals surface area contributed by atoms with Gasteiger partial charge in [0.15, 0.2) is 0 Å². The molecule has 0 aromatic carbocycles. The monoisotopic (exact) mass is 226 g/mol. The van der Waals surface area contributed by atoms with Crippen molar-refractivity contribution in [1.29, 1.82) is 0 Å². The maximum absolute atomic E-state index is 2.50. The molecule has 2 atom stereocenters. The summed E-state index contributed by atoms with van der Waals surface area (Å²) in [6.45, 7) is 16.8. The fourth-order valence-corrected chi connectivity index (χ4v) is 3.29. The highest BCUT2D eigenvalue weighted by Crippen LogP contribution is 2.45. The van der Waals surface area contributed by atoms with Gasteiger partial charge in [-0.2, -0.15) is 0 Å². The molecule has 0 amide bonds. The number of hydrogen-bond acceptors (Lipinski definition) is 0. The molecule has 0 saturated heterocycles. The minimum atomic E-state index is 0.515. The fourth-order valence-electron chi connectivity index (χ4n) is 3.29. The van der Waals surface area contributed by atoms with E-state index in [2.05, 4.69) is 48.5 Å². The molecule has 0 rings (SSSR count). The molecule has 2 unspecified atom stereocenters. The van der Waals surface area contributed by atoms with Crippen LogP contribution in [0.4, 0.5) is 0 Å². The molecule has 0 saturated carbocycles. The van der Waals surface area contributed by atoms with E-state index in [0.717, 1.165) is 5.92 Å². The Kier molecular flexibility index (Phi) is 6.67. The molecular formula is C16H34. The Morgan fingerprint density at radius 3 is 1.88 bits per heavy atom. The molecule has 0 N–H and O–H groups in total. The first-order valence-corrected chi connectivity index (χ1v) is 7.31. The molecule has 0 aliphatic heterocycles. The summed E-state index contributed by atoms with van der Waals surface area (Å²) >= 11 is 0. The van der Waals surface area contributed by atoms with Crippen molar-refractivity contribution in [3.05, 3.63) is 0 Å². The summed E-state index contributed by atoms with van der Waals surface area (Å²) in [6, 6.07) is 0. The number of hydrogen-bond donors (Lipinski definition) is 0. The summed E-state index contributed by atoms with van der Waals surface area (Å²) in [5, 5.41) is 0. The molecular weight excluding hydrogens is 192 g/mol. The van der Waals surface area contributed by atoms with Crippen LogP contribution in [0.25, 0.3) is 0 Å². The van der Waals surface area contributed by atoms with Crippen LogP contribution in [0, 0.1) is 16.7 Å². The first-order chi connectivity index (χ1) is 7.31. The highest BCUT2D eigenvalue weighted by atomic mass is 14.4. The molecule has 0 fully saturated rings. The van der Waals surface area contributed by atoms with Crippen LogP contribution >= 0.6 is 0 Å². The third-order valence-corrected chi connectivity index (χ3v) is 4.53. The summed E-state index contributed by atoms with van der Waals surface area (Å²) in [5.41, 5.74) is 1.05. The van der Waals surface area contributed by atoms with Crippen LogP contribution in [0.15, 0.2) is 0 Å². The summed E-state index contributed by atoms with van der Waals surface area (Å²) in [5.74, 6) is 0.860. The molecule has 0 aromatic rings. The Hall–Kier alpha value is 0. The molecule has 0 heterocycles. The lowest BCUT2D eigenvalue weighted by atomic mass is 9.64. The summed E-state index contributed by atoms with van der Waals surface area (Å²) in [4.78, 5) is 0. The molecule has 0 aromatic heterocycles. The molecule has 0 bridgehead atoms. The maximum Gasteiger partial charge on any atom is -0.0298 e. The van der Waals surface area contributed by atoms with Gasteiger partial charge < -0.3 is 0 Å². The van der Waals surface area contributed by atoms with Crippen molar-refractivity contribution in [3.8, 4) is 0 Å². The Morgan fingerprint density at radius 1 is 0.938 bits per heavy atom. The number of rotatable bonds is 8. The van der Waals surface area contributed by atoms with Gasteiger partial charge in [-0.05, 0) is 29.6 Å². The van der Waals surface area contributed by atoms with E-state index in [1.165, 1.54) is 38.5 Å². The average molecular weight is 226 g/mol. The van der Waals surface area contributed by atoms with Crippen LogP contribution in [-0.4, -0.2) is 0 Å². The lowest BCUT2D eigenvalue weighted by Gasteiger charge is -2.41. The van der Waals surface area contributed by atoms with Gasteiger partial charge in [-0.3, -0.25) is 0 Å². The van der Waals surface area contributed by atoms with Gasteiger partial charge in [0.2, 0.25) is 0 Å². The SMILES string of the molecule is CCCC(C)C(C)(CC)CC(C)(C)CCC. The van der Waals surface area contributed by atoms with E-state index in [0.29, 0.717) is 10.8 Å². The molecule has 0 spiro atoms. The summed E-state index contributed by atoms with van der Waals surface area (Å²) < 4.78 is 0. The van der Waals surface area contributed by atoms with Crippen LogP contribution < -0.4 is 0 Å². The molecule has 0 heteroatoms. The van der Waals surface area contributed by atoms with Gasteiger partial charge in [0.25, 0.3) is 0 Å². The quantitative estimate of drug-likeness (QED) is 0.472. The van der Waals surface area contributed by atoms with Crippen LogP contribution in [0.2, 0.25) is 0 Å². The highest BCUT2D eigenvalue weighted by molar-refractivity contribution is 4.85. The van der Waals surface area contributed by atoms with Crippen molar-refractivity contribution in [2.24, 2.45) is 16.7 Å². The van der Waals surface area contributed by atoms with Crippen molar-refractivity contribution < 1.29 is 0 Å². The molecule has 0 aliphatic carbocycles. The highest BCUT2D eigenvalue weighted by Gasteiger charge is 2.34. The van der Waals surface area contributed by atoms with E-state index in [1.54, 1.807) is 0 Å². The second-order valence-corrected chi connectivity index (χ2v) is 6.79. The van der Waals surface area contributed by atoms with Crippen molar-refractivity contribution in [2.45, 2.75) is 87.0 Å². The predicted octanol–water partition coefficient (Wildman–Crippen LogP) is 6.06. The van der Waals surface area contributed by atoms with E-state index in [-0.39, 0.29) is 0 Å². The lowest BCUT2D eigenvalue weighted by molar-refractivity contribution is 0.0928. The van der Waals surface area contributed by atoms with Crippen LogP contribution in [-0.2, 0) is 0 Å². The zero-order valence-electron chi connectivity index (χ0n) is 12.8. The predicted molar refractivity (Wildman–Crippen MR) is 75.8 cm³/mol. The van der Waals surface area contributed by atoms with Gasteiger partial charge in [-0.1, -0.05) is 74.1 Å². The van der Waals surface area contributed by atoms with E-state index in [9.17, 15) is 0 Å². The third kappa shape index (κ3) is 4.89. The van der Waals surface area contributed by atoms with E-state index in [1.807, 2.05) is 0 Å². The van der Waals surface area contributed by atoms with Crippen molar-refractivity contribution in [1.82, 2.24) is 0 Å². The van der Waals surface area contributed by atoms with Crippen LogP contribution in [0.5, 0.6) is 0 Å². The molecule has 98 valence electrons. The van der Waals surface area contributed by atoms with Gasteiger partial charge in [-0.25, -0.2) is 0 Å². The normalized spacial score (nSPS) is 18.2. The van der Waals surface area contributed by atoms with Crippen molar-refractivity contribution in [3.63, 3.8) is 0 Å². The summed E-state index contributed by atoms with van der Waals surface area (Å²) in [7, 11) is 0. The molecule has 0 nitrogen and oxygen atoms in total. The van der Waals surface area contributed by atoms with E-state index >= 15 is 0 Å².